The molecule has 1 fully saturated rings. The number of amides is 1. The quantitative estimate of drug-likeness (QED) is 0.634. The van der Waals surface area contributed by atoms with Crippen LogP contribution in [0.2, 0.25) is 0 Å². The molecule has 176 valence electrons. The van der Waals surface area contributed by atoms with Gasteiger partial charge >= 0.3 is 6.18 Å². The number of hydrogen-bond donors (Lipinski definition) is 0. The van der Waals surface area contributed by atoms with Crippen molar-refractivity contribution in [2.24, 2.45) is 5.92 Å². The van der Waals surface area contributed by atoms with Crippen molar-refractivity contribution in [2.45, 2.75) is 38.3 Å². The lowest BCUT2D eigenvalue weighted by atomic mass is 9.97. The third-order valence-corrected chi connectivity index (χ3v) is 7.40. The molecular formula is C21H26F3N3O3S2. The van der Waals surface area contributed by atoms with E-state index >= 15 is 0 Å². The van der Waals surface area contributed by atoms with Gasteiger partial charge in [-0.2, -0.15) is 13.2 Å². The Morgan fingerprint density at radius 1 is 1.19 bits per heavy atom. The highest BCUT2D eigenvalue weighted by Crippen LogP contribution is 2.37. The van der Waals surface area contributed by atoms with Gasteiger partial charge in [-0.25, -0.2) is 13.4 Å². The Kier molecular flexibility index (Phi) is 6.90. The average molecular weight is 490 g/mol. The van der Waals surface area contributed by atoms with Crippen molar-refractivity contribution < 1.29 is 26.4 Å². The number of aromatic nitrogens is 1. The smallest absolute Gasteiger partial charge is 0.345 e. The second-order valence-corrected chi connectivity index (χ2v) is 11.6. The first kappa shape index (κ1) is 24.5. The number of benzene rings is 1. The zero-order valence-electron chi connectivity index (χ0n) is 18.4. The van der Waals surface area contributed by atoms with E-state index in [1.165, 1.54) is 19.1 Å². The van der Waals surface area contributed by atoms with E-state index in [1.807, 2.05) is 13.8 Å². The summed E-state index contributed by atoms with van der Waals surface area (Å²) in [5.74, 6) is 0.00977. The van der Waals surface area contributed by atoms with Crippen molar-refractivity contribution in [1.29, 1.82) is 0 Å². The average Bonchev–Trinajstić information content (AvgIpc) is 3.09. The van der Waals surface area contributed by atoms with Crippen molar-refractivity contribution in [3.63, 3.8) is 0 Å². The Balaban J connectivity index is 1.79. The second kappa shape index (κ2) is 9.01. The Morgan fingerprint density at radius 3 is 2.31 bits per heavy atom. The van der Waals surface area contributed by atoms with Gasteiger partial charge < -0.3 is 9.80 Å². The molecule has 1 aliphatic heterocycles. The molecular weight excluding hydrogens is 463 g/mol. The molecule has 2 heterocycles. The molecule has 2 aromatic rings. The lowest BCUT2D eigenvalue weighted by Crippen LogP contribution is -2.49. The molecule has 0 bridgehead atoms. The topological polar surface area (TPSA) is 70.6 Å². The van der Waals surface area contributed by atoms with Gasteiger partial charge in [0, 0.05) is 42.9 Å². The standard InChI is InChI=1S/C21H26F3N3O3S2/c1-13(2)11-15-5-6-16(32(4,29)30)12-17(15)19(28)26-7-9-27(10-8-26)20-25-18(14(3)31-20)21(22,23)24/h5-6,12-13H,7-11H2,1-4H3. The number of sulfone groups is 1. The number of nitrogens with zero attached hydrogens (tertiary/aromatic N) is 3. The Hall–Kier alpha value is -2.14. The molecule has 1 aromatic carbocycles. The van der Waals surface area contributed by atoms with Crippen LogP contribution in [0.25, 0.3) is 0 Å². The maximum atomic E-state index is 13.3. The summed E-state index contributed by atoms with van der Waals surface area (Å²) in [4.78, 5) is 20.6. The van der Waals surface area contributed by atoms with Crippen molar-refractivity contribution in [2.75, 3.05) is 37.3 Å². The van der Waals surface area contributed by atoms with E-state index in [0.717, 1.165) is 23.2 Å². The molecule has 0 atom stereocenters. The zero-order valence-corrected chi connectivity index (χ0v) is 20.0. The van der Waals surface area contributed by atoms with Crippen LogP contribution in [0.5, 0.6) is 0 Å². The SMILES string of the molecule is Cc1sc(N2CCN(C(=O)c3cc(S(C)(=O)=O)ccc3CC(C)C)CC2)nc1C(F)(F)F. The normalized spacial score (nSPS) is 15.5. The first-order chi connectivity index (χ1) is 14.8. The largest absolute Gasteiger partial charge is 0.434 e. The summed E-state index contributed by atoms with van der Waals surface area (Å²) >= 11 is 0.992. The van der Waals surface area contributed by atoms with Crippen molar-refractivity contribution in [3.05, 3.63) is 39.9 Å². The molecule has 32 heavy (non-hydrogen) atoms. The number of carbonyl (C=O) groups is 1. The number of carbonyl (C=O) groups excluding carboxylic acids is 1. The summed E-state index contributed by atoms with van der Waals surface area (Å²) < 4.78 is 63.2. The van der Waals surface area contributed by atoms with Crippen LogP contribution in [0.3, 0.4) is 0 Å². The monoisotopic (exact) mass is 489 g/mol. The summed E-state index contributed by atoms with van der Waals surface area (Å²) in [7, 11) is -3.47. The van der Waals surface area contributed by atoms with Crippen LogP contribution in [0.1, 0.15) is 40.3 Å². The van der Waals surface area contributed by atoms with Gasteiger partial charge in [0.25, 0.3) is 5.91 Å². The molecule has 1 amide bonds. The minimum absolute atomic E-state index is 0.0879. The molecule has 1 saturated heterocycles. The van der Waals surface area contributed by atoms with Gasteiger partial charge in [0.05, 0.1) is 4.90 Å². The number of thiazole rings is 1. The number of aryl methyl sites for hydroxylation is 1. The molecule has 0 unspecified atom stereocenters. The van der Waals surface area contributed by atoms with E-state index in [1.54, 1.807) is 15.9 Å². The molecule has 1 aliphatic rings. The number of halogens is 3. The first-order valence-corrected chi connectivity index (χ1v) is 12.9. The van der Waals surface area contributed by atoms with Gasteiger partial charge in [-0.15, -0.1) is 11.3 Å². The molecule has 0 N–H and O–H groups in total. The molecule has 6 nitrogen and oxygen atoms in total. The van der Waals surface area contributed by atoms with Crippen LogP contribution in [0.4, 0.5) is 18.3 Å². The summed E-state index contributed by atoms with van der Waals surface area (Å²) in [6, 6.07) is 4.64. The fourth-order valence-electron chi connectivity index (χ4n) is 3.65. The van der Waals surface area contributed by atoms with Gasteiger partial charge in [0.2, 0.25) is 0 Å². The van der Waals surface area contributed by atoms with Gasteiger partial charge in [-0.3, -0.25) is 4.79 Å². The molecule has 3 rings (SSSR count). The Morgan fingerprint density at radius 2 is 1.81 bits per heavy atom. The Bertz CT molecular complexity index is 1100. The number of rotatable bonds is 5. The lowest BCUT2D eigenvalue weighted by Gasteiger charge is -2.35. The predicted octanol–water partition coefficient (Wildman–Crippen LogP) is 4.03. The van der Waals surface area contributed by atoms with Crippen molar-refractivity contribution >= 4 is 32.2 Å². The molecule has 0 radical (unpaired) electrons. The third-order valence-electron chi connectivity index (χ3n) is 5.26. The molecule has 0 spiro atoms. The number of anilines is 1. The molecule has 1 aromatic heterocycles. The van der Waals surface area contributed by atoms with E-state index < -0.39 is 21.7 Å². The van der Waals surface area contributed by atoms with Gasteiger partial charge in [0.15, 0.2) is 20.7 Å². The molecule has 0 aliphatic carbocycles. The van der Waals surface area contributed by atoms with Crippen molar-refractivity contribution in [1.82, 2.24) is 9.88 Å². The summed E-state index contributed by atoms with van der Waals surface area (Å²) in [5.41, 5.74) is 0.275. The zero-order chi connectivity index (χ0) is 23.8. The number of alkyl halides is 3. The number of piperazine rings is 1. The predicted molar refractivity (Wildman–Crippen MR) is 118 cm³/mol. The van der Waals surface area contributed by atoms with E-state index in [-0.39, 0.29) is 21.6 Å². The molecule has 0 saturated carbocycles. The lowest BCUT2D eigenvalue weighted by molar-refractivity contribution is -0.141. The number of hydrogen-bond acceptors (Lipinski definition) is 6. The van der Waals surface area contributed by atoms with E-state index in [4.69, 9.17) is 0 Å². The minimum Gasteiger partial charge on any atom is -0.345 e. The summed E-state index contributed by atoms with van der Waals surface area (Å²) in [5, 5.41) is 0.293. The van der Waals surface area contributed by atoms with Crippen LogP contribution in [-0.4, -0.2) is 56.6 Å². The highest BCUT2D eigenvalue weighted by atomic mass is 32.2. The summed E-state index contributed by atoms with van der Waals surface area (Å²) in [6.07, 6.45) is -2.76. The van der Waals surface area contributed by atoms with Gasteiger partial charge in [0.1, 0.15) is 0 Å². The third kappa shape index (κ3) is 5.43. The maximum Gasteiger partial charge on any atom is 0.434 e. The maximum absolute atomic E-state index is 13.3. The van der Waals surface area contributed by atoms with Gasteiger partial charge in [-0.05, 0) is 37.0 Å². The minimum atomic E-state index is -4.49. The fourth-order valence-corrected chi connectivity index (χ4v) is 5.28. The van der Waals surface area contributed by atoms with E-state index in [2.05, 4.69) is 4.98 Å². The fraction of sp³-hybridized carbons (Fsp3) is 0.524. The summed E-state index contributed by atoms with van der Waals surface area (Å²) in [6.45, 7) is 6.74. The Labute approximate surface area is 190 Å². The highest BCUT2D eigenvalue weighted by Gasteiger charge is 2.37. The first-order valence-electron chi connectivity index (χ1n) is 10.2. The second-order valence-electron chi connectivity index (χ2n) is 8.37. The van der Waals surface area contributed by atoms with Crippen LogP contribution in [0, 0.1) is 12.8 Å². The van der Waals surface area contributed by atoms with Crippen LogP contribution in [0.15, 0.2) is 23.1 Å². The molecule has 11 heteroatoms. The van der Waals surface area contributed by atoms with Crippen LogP contribution >= 0.6 is 11.3 Å². The van der Waals surface area contributed by atoms with E-state index in [9.17, 15) is 26.4 Å². The van der Waals surface area contributed by atoms with Crippen molar-refractivity contribution in [3.8, 4) is 0 Å². The highest BCUT2D eigenvalue weighted by molar-refractivity contribution is 7.90. The van der Waals surface area contributed by atoms with Gasteiger partial charge in [-0.1, -0.05) is 19.9 Å². The van der Waals surface area contributed by atoms with E-state index in [0.29, 0.717) is 43.3 Å². The van der Waals surface area contributed by atoms with Crippen LogP contribution < -0.4 is 4.90 Å². The van der Waals surface area contributed by atoms with Crippen LogP contribution in [-0.2, 0) is 22.4 Å².